The van der Waals surface area contributed by atoms with Crippen molar-refractivity contribution in [1.82, 2.24) is 25.1 Å². The zero-order valence-electron chi connectivity index (χ0n) is 27.2. The van der Waals surface area contributed by atoms with Gasteiger partial charge in [-0.25, -0.2) is 17.7 Å². The third-order valence-electron chi connectivity index (χ3n) is 10.8. The van der Waals surface area contributed by atoms with Gasteiger partial charge in [0.25, 0.3) is 0 Å². The third-order valence-corrected chi connectivity index (χ3v) is 10.8. The van der Waals surface area contributed by atoms with Crippen LogP contribution < -0.4 is 9.64 Å². The first-order valence-corrected chi connectivity index (χ1v) is 17.2. The highest BCUT2D eigenvalue weighted by Gasteiger charge is 2.53. The fourth-order valence-corrected chi connectivity index (χ4v) is 8.49. The van der Waals surface area contributed by atoms with E-state index in [1.54, 1.807) is 12.3 Å². The van der Waals surface area contributed by atoms with Crippen LogP contribution >= 0.6 is 0 Å². The lowest BCUT2D eigenvalue weighted by atomic mass is 9.89. The fourth-order valence-electron chi connectivity index (χ4n) is 8.49. The Labute approximate surface area is 284 Å². The van der Waals surface area contributed by atoms with Crippen molar-refractivity contribution >= 4 is 33.7 Å². The second-order valence-corrected chi connectivity index (χ2v) is 14.2. The summed E-state index contributed by atoms with van der Waals surface area (Å²) >= 11 is 0. The van der Waals surface area contributed by atoms with Gasteiger partial charge < -0.3 is 24.4 Å². The molecule has 258 valence electrons. The monoisotopic (exact) mass is 686 g/mol. The fraction of sp³-hybridized carbons (Fsp3) is 0.444. The number of pyridine rings is 1. The summed E-state index contributed by atoms with van der Waals surface area (Å²) in [5.41, 5.74) is -1.44. The van der Waals surface area contributed by atoms with E-state index >= 15 is 8.78 Å². The number of hydrogen-bond acceptors (Lipinski definition) is 10. The first-order valence-electron chi connectivity index (χ1n) is 17.2. The average Bonchev–Trinajstić information content (AvgIpc) is 3.78. The van der Waals surface area contributed by atoms with Crippen molar-refractivity contribution < 1.29 is 37.2 Å². The molecular weight excluding hydrogens is 651 g/mol. The number of anilines is 1. The lowest BCUT2D eigenvalue weighted by Gasteiger charge is -2.39. The van der Waals surface area contributed by atoms with Crippen molar-refractivity contribution in [2.45, 2.75) is 75.1 Å². The maximum absolute atomic E-state index is 17.1. The molecule has 2 aromatic carbocycles. The number of benzene rings is 2. The number of aromatic nitrogens is 5. The Hall–Kier alpha value is -4.85. The van der Waals surface area contributed by atoms with Crippen LogP contribution in [0, 0.1) is 11.6 Å². The summed E-state index contributed by atoms with van der Waals surface area (Å²) in [5, 5.41) is 27.9. The van der Waals surface area contributed by atoms with Crippen LogP contribution in [0.15, 0.2) is 35.0 Å². The van der Waals surface area contributed by atoms with Gasteiger partial charge in [0.1, 0.15) is 35.1 Å². The van der Waals surface area contributed by atoms with Crippen LogP contribution in [0.2, 0.25) is 0 Å². The maximum atomic E-state index is 17.1. The van der Waals surface area contributed by atoms with E-state index in [1.807, 2.05) is 9.48 Å². The van der Waals surface area contributed by atoms with Crippen LogP contribution in [0.5, 0.6) is 11.8 Å². The van der Waals surface area contributed by atoms with Crippen LogP contribution in [-0.2, 0) is 19.3 Å². The number of ether oxygens (including phenoxy) is 1. The molecular formula is C36H35F3N7O4+. The van der Waals surface area contributed by atoms with Gasteiger partial charge in [-0.15, -0.1) is 0 Å². The molecule has 5 aromatic rings. The number of halogens is 3. The van der Waals surface area contributed by atoms with E-state index in [2.05, 4.69) is 20.1 Å². The van der Waals surface area contributed by atoms with E-state index in [1.165, 1.54) is 24.4 Å². The molecule has 5 aliphatic rings. The second-order valence-electron chi connectivity index (χ2n) is 14.2. The molecule has 0 aliphatic carbocycles. The molecule has 11 nitrogen and oxygen atoms in total. The van der Waals surface area contributed by atoms with E-state index in [-0.39, 0.29) is 60.9 Å². The minimum Gasteiger partial charge on any atom is -0.508 e. The molecule has 10 rings (SSSR count). The first-order chi connectivity index (χ1) is 24.2. The Morgan fingerprint density at radius 1 is 1.08 bits per heavy atom. The predicted molar refractivity (Wildman–Crippen MR) is 176 cm³/mol. The van der Waals surface area contributed by atoms with Crippen LogP contribution in [0.3, 0.4) is 0 Å². The Morgan fingerprint density at radius 3 is 2.88 bits per heavy atom. The Kier molecular flexibility index (Phi) is 7.23. The quantitative estimate of drug-likeness (QED) is 0.250. The molecule has 14 heteroatoms. The van der Waals surface area contributed by atoms with E-state index in [9.17, 15) is 14.6 Å². The van der Waals surface area contributed by atoms with Gasteiger partial charge in [-0.3, -0.25) is 4.98 Å². The minimum absolute atomic E-state index is 0.0791. The van der Waals surface area contributed by atoms with Crippen molar-refractivity contribution in [2.75, 3.05) is 31.1 Å². The average molecular weight is 687 g/mol. The van der Waals surface area contributed by atoms with Crippen LogP contribution in [0.1, 0.15) is 55.8 Å². The summed E-state index contributed by atoms with van der Waals surface area (Å²) < 4.78 is 60.9. The Bertz CT molecular complexity index is 2210. The van der Waals surface area contributed by atoms with Crippen LogP contribution in [-0.4, -0.2) is 89.6 Å². The predicted octanol–water partition coefficient (Wildman–Crippen LogP) is 5.01. The summed E-state index contributed by atoms with van der Waals surface area (Å²) in [4.78, 5) is 20.3. The van der Waals surface area contributed by atoms with Crippen molar-refractivity contribution in [2.24, 2.45) is 0 Å². The minimum atomic E-state index is -1.25. The number of piperidine rings is 1. The molecule has 8 bridgehead atoms. The van der Waals surface area contributed by atoms with E-state index in [0.717, 1.165) is 19.4 Å². The van der Waals surface area contributed by atoms with Gasteiger partial charge in [0.05, 0.1) is 17.4 Å². The normalized spacial score (nSPS) is 24.8. The Balaban J connectivity index is 1.24. The molecule has 1 unspecified atom stereocenters. The van der Waals surface area contributed by atoms with E-state index in [0.29, 0.717) is 71.5 Å². The van der Waals surface area contributed by atoms with Gasteiger partial charge in [0.15, 0.2) is 36.2 Å². The number of aliphatic hydroxyl groups is 1. The molecule has 3 atom stereocenters. The lowest BCUT2D eigenvalue weighted by molar-refractivity contribution is -0.577. The number of nitrogens with zero attached hydrogens (tertiary/aromatic N) is 7. The smallest absolute Gasteiger partial charge is 0.319 e. The molecule has 2 saturated heterocycles. The number of aryl methyl sites for hydroxylation is 2. The summed E-state index contributed by atoms with van der Waals surface area (Å²) in [6.45, 7) is 1.48. The van der Waals surface area contributed by atoms with Gasteiger partial charge in [-0.05, 0) is 60.2 Å². The SMILES string of the molecule is Oc1cc2c3c(c(F)ccc3c1)CCCc1nc(no1)CC1(O)CCCN(C1)c1nc(OC[C@@]34CCC[N+]3=C[C@H](F)C4)nc3c(F)c-2ncc13. The molecule has 8 heterocycles. The zero-order chi connectivity index (χ0) is 34.2. The Morgan fingerprint density at radius 2 is 1.98 bits per heavy atom. The third kappa shape index (κ3) is 5.22. The number of phenolic OH excluding ortho intramolecular Hbond substituents is 1. The zero-order valence-corrected chi connectivity index (χ0v) is 27.2. The van der Waals surface area contributed by atoms with Gasteiger partial charge in [0.2, 0.25) is 5.89 Å². The van der Waals surface area contributed by atoms with Gasteiger partial charge >= 0.3 is 6.01 Å². The van der Waals surface area contributed by atoms with Crippen molar-refractivity contribution in [1.29, 1.82) is 0 Å². The van der Waals surface area contributed by atoms with Crippen molar-refractivity contribution in [3.05, 3.63) is 59.4 Å². The highest BCUT2D eigenvalue weighted by atomic mass is 19.1. The second kappa shape index (κ2) is 11.6. The summed E-state index contributed by atoms with van der Waals surface area (Å²) in [6.07, 6.45) is 6.20. The van der Waals surface area contributed by atoms with Gasteiger partial charge in [0, 0.05) is 50.5 Å². The standard InChI is InChI=1S/C36H34F3N7O4/c37-21-14-35(8-2-11-46(35)17-21)19-49-34-42-32-25-16-40-31(30(32)39)24-13-22(47)12-20-6-7-26(38)23(29(20)24)4-1-5-28-41-27(44-50-28)15-36(48)9-3-10-45(18-36)33(25)43-34/h6-7,12-13,16-17,21,48H,1-5,8-11,14-15,18-19H2/p+1/t21-,35+,36?/m1/s1. The number of phenols is 1. The maximum Gasteiger partial charge on any atom is 0.319 e. The molecule has 5 aliphatic heterocycles. The molecule has 0 spiro atoms. The number of alkyl halides is 1. The number of rotatable bonds is 3. The van der Waals surface area contributed by atoms with Crippen LogP contribution in [0.4, 0.5) is 19.0 Å². The number of hydrogen-bond donors (Lipinski definition) is 2. The topological polar surface area (TPSA) is 134 Å². The molecule has 0 saturated carbocycles. The van der Waals surface area contributed by atoms with Crippen molar-refractivity contribution in [3.63, 3.8) is 0 Å². The largest absolute Gasteiger partial charge is 0.508 e. The number of fused-ring (bicyclic) bond motifs is 4. The van der Waals surface area contributed by atoms with Gasteiger partial charge in [-0.1, -0.05) is 11.2 Å². The summed E-state index contributed by atoms with van der Waals surface area (Å²) in [7, 11) is 0. The molecule has 50 heavy (non-hydrogen) atoms. The molecule has 0 amide bonds. The van der Waals surface area contributed by atoms with E-state index < -0.39 is 28.9 Å². The molecule has 0 radical (unpaired) electrons. The lowest BCUT2D eigenvalue weighted by Crippen LogP contribution is -2.50. The molecule has 2 fully saturated rings. The first kappa shape index (κ1) is 31.2. The van der Waals surface area contributed by atoms with Gasteiger partial charge in [-0.2, -0.15) is 15.0 Å². The van der Waals surface area contributed by atoms with Crippen molar-refractivity contribution in [3.8, 4) is 23.0 Å². The molecule has 2 N–H and O–H groups in total. The van der Waals surface area contributed by atoms with E-state index in [4.69, 9.17) is 14.2 Å². The summed E-state index contributed by atoms with van der Waals surface area (Å²) in [6, 6.07) is 5.68. The van der Waals surface area contributed by atoms with Crippen LogP contribution in [0.25, 0.3) is 32.9 Å². The summed E-state index contributed by atoms with van der Waals surface area (Å²) in [5.74, 6) is -0.349. The number of aromatic hydroxyl groups is 1. The molecule has 3 aromatic heterocycles. The highest BCUT2D eigenvalue weighted by Crippen LogP contribution is 2.41. The highest BCUT2D eigenvalue weighted by molar-refractivity contribution is 6.01.